The lowest BCUT2D eigenvalue weighted by atomic mass is 9.77. The summed E-state index contributed by atoms with van der Waals surface area (Å²) in [6.45, 7) is 4.44. The number of hydrogen-bond donors (Lipinski definition) is 1. The van der Waals surface area contributed by atoms with Crippen molar-refractivity contribution < 1.29 is 9.59 Å². The monoisotopic (exact) mass is 428 g/mol. The standard InChI is InChI=1S/C20H28N4O2.2ClH/c1-22-15-20(7-9-21-10-8-20)13-17(22)19(26)23-11-12-24(18(25)14-23)16-5-3-2-4-6-16;;/h2-6,17,21H,7-15H2,1H3;2*1H. The largest absolute Gasteiger partial charge is 0.330 e. The van der Waals surface area contributed by atoms with Crippen LogP contribution in [0, 0.1) is 5.41 Å². The van der Waals surface area contributed by atoms with Crippen molar-refractivity contribution in [2.75, 3.05) is 51.2 Å². The molecule has 156 valence electrons. The Hall–Kier alpha value is -1.34. The van der Waals surface area contributed by atoms with E-state index in [0.717, 1.165) is 44.6 Å². The van der Waals surface area contributed by atoms with Gasteiger partial charge in [0, 0.05) is 25.3 Å². The number of anilines is 1. The number of likely N-dealkylation sites (tertiary alicyclic amines) is 1. The van der Waals surface area contributed by atoms with Crippen molar-refractivity contribution in [3.63, 3.8) is 0 Å². The summed E-state index contributed by atoms with van der Waals surface area (Å²) in [6, 6.07) is 9.63. The molecule has 6 nitrogen and oxygen atoms in total. The van der Waals surface area contributed by atoms with Crippen LogP contribution >= 0.6 is 24.8 Å². The van der Waals surface area contributed by atoms with Crippen molar-refractivity contribution in [1.29, 1.82) is 0 Å². The van der Waals surface area contributed by atoms with E-state index >= 15 is 0 Å². The minimum Gasteiger partial charge on any atom is -0.330 e. The fourth-order valence-electron chi connectivity index (χ4n) is 4.82. The fraction of sp³-hybridized carbons (Fsp3) is 0.600. The number of benzene rings is 1. The molecule has 3 fully saturated rings. The highest BCUT2D eigenvalue weighted by Crippen LogP contribution is 2.41. The van der Waals surface area contributed by atoms with Gasteiger partial charge in [0.25, 0.3) is 0 Å². The summed E-state index contributed by atoms with van der Waals surface area (Å²) < 4.78 is 0. The molecular formula is C20H30Cl2N4O2. The van der Waals surface area contributed by atoms with Crippen molar-refractivity contribution in [2.45, 2.75) is 25.3 Å². The zero-order valence-corrected chi connectivity index (χ0v) is 17.9. The molecule has 0 bridgehead atoms. The number of likely N-dealkylation sites (N-methyl/N-ethyl adjacent to an activating group) is 1. The Labute approximate surface area is 179 Å². The molecule has 0 radical (unpaired) electrons. The van der Waals surface area contributed by atoms with E-state index in [1.807, 2.05) is 30.3 Å². The van der Waals surface area contributed by atoms with Crippen LogP contribution in [0.1, 0.15) is 19.3 Å². The Balaban J connectivity index is 0.00000140. The van der Waals surface area contributed by atoms with Gasteiger partial charge in [-0.1, -0.05) is 18.2 Å². The highest BCUT2D eigenvalue weighted by Gasteiger charge is 2.47. The smallest absolute Gasteiger partial charge is 0.246 e. The zero-order valence-electron chi connectivity index (χ0n) is 16.3. The van der Waals surface area contributed by atoms with E-state index in [-0.39, 0.29) is 54.6 Å². The van der Waals surface area contributed by atoms with Crippen LogP contribution in [-0.2, 0) is 9.59 Å². The van der Waals surface area contributed by atoms with Gasteiger partial charge in [0.15, 0.2) is 0 Å². The molecule has 0 saturated carbocycles. The average molecular weight is 429 g/mol. The Bertz CT molecular complexity index is 682. The van der Waals surface area contributed by atoms with Crippen LogP contribution in [0.3, 0.4) is 0 Å². The number of para-hydroxylation sites is 1. The van der Waals surface area contributed by atoms with Crippen LogP contribution in [0.15, 0.2) is 30.3 Å². The van der Waals surface area contributed by atoms with E-state index in [1.54, 1.807) is 9.80 Å². The third-order valence-electron chi connectivity index (χ3n) is 6.29. The predicted molar refractivity (Wildman–Crippen MR) is 115 cm³/mol. The van der Waals surface area contributed by atoms with E-state index in [4.69, 9.17) is 0 Å². The SMILES string of the molecule is CN1CC2(CCNCC2)CC1C(=O)N1CCN(c2ccccc2)C(=O)C1.Cl.Cl. The van der Waals surface area contributed by atoms with Crippen molar-refractivity contribution in [1.82, 2.24) is 15.1 Å². The maximum atomic E-state index is 13.1. The lowest BCUT2D eigenvalue weighted by Crippen LogP contribution is -2.55. The summed E-state index contributed by atoms with van der Waals surface area (Å²) in [4.78, 5) is 31.5. The number of carbonyl (C=O) groups is 2. The number of rotatable bonds is 2. The minimum atomic E-state index is -0.0795. The van der Waals surface area contributed by atoms with Crippen LogP contribution < -0.4 is 10.2 Å². The second-order valence-corrected chi connectivity index (χ2v) is 8.03. The molecule has 3 aliphatic heterocycles. The van der Waals surface area contributed by atoms with Gasteiger partial charge in [-0.15, -0.1) is 24.8 Å². The first-order chi connectivity index (χ1) is 12.6. The van der Waals surface area contributed by atoms with E-state index in [2.05, 4.69) is 17.3 Å². The highest BCUT2D eigenvalue weighted by atomic mass is 35.5. The normalized spacial score (nSPS) is 24.6. The molecule has 3 heterocycles. The first-order valence-corrected chi connectivity index (χ1v) is 9.63. The maximum Gasteiger partial charge on any atom is 0.246 e. The Morgan fingerprint density at radius 2 is 1.79 bits per heavy atom. The van der Waals surface area contributed by atoms with Crippen LogP contribution in [0.2, 0.25) is 0 Å². The van der Waals surface area contributed by atoms with Gasteiger partial charge in [-0.3, -0.25) is 14.5 Å². The number of nitrogens with zero attached hydrogens (tertiary/aromatic N) is 3. The molecule has 1 unspecified atom stereocenters. The van der Waals surface area contributed by atoms with E-state index in [0.29, 0.717) is 13.1 Å². The Kier molecular flexibility index (Phi) is 7.73. The van der Waals surface area contributed by atoms with Crippen molar-refractivity contribution in [3.8, 4) is 0 Å². The van der Waals surface area contributed by atoms with Crippen LogP contribution in [-0.4, -0.2) is 74.0 Å². The molecule has 2 amide bonds. The van der Waals surface area contributed by atoms with Crippen molar-refractivity contribution in [3.05, 3.63) is 30.3 Å². The Morgan fingerprint density at radius 3 is 2.43 bits per heavy atom. The second kappa shape index (κ2) is 9.44. The van der Waals surface area contributed by atoms with Gasteiger partial charge in [0.1, 0.15) is 6.54 Å². The van der Waals surface area contributed by atoms with E-state index in [9.17, 15) is 9.59 Å². The summed E-state index contributed by atoms with van der Waals surface area (Å²) in [6.07, 6.45) is 3.21. The number of carbonyl (C=O) groups excluding carboxylic acids is 2. The number of piperazine rings is 1. The van der Waals surface area contributed by atoms with Crippen LogP contribution in [0.25, 0.3) is 0 Å². The maximum absolute atomic E-state index is 13.1. The molecule has 4 rings (SSSR count). The summed E-state index contributed by atoms with van der Waals surface area (Å²) in [7, 11) is 2.06. The van der Waals surface area contributed by atoms with Gasteiger partial charge in [-0.25, -0.2) is 0 Å². The number of piperidine rings is 1. The molecule has 3 aliphatic rings. The third-order valence-corrected chi connectivity index (χ3v) is 6.29. The van der Waals surface area contributed by atoms with Gasteiger partial charge < -0.3 is 15.1 Å². The van der Waals surface area contributed by atoms with Crippen LogP contribution in [0.4, 0.5) is 5.69 Å². The van der Waals surface area contributed by atoms with Gasteiger partial charge in [0.2, 0.25) is 11.8 Å². The zero-order chi connectivity index (χ0) is 18.1. The number of amides is 2. The molecule has 1 spiro atoms. The number of nitrogens with one attached hydrogen (secondary N) is 1. The molecule has 1 aromatic carbocycles. The molecule has 3 saturated heterocycles. The summed E-state index contributed by atoms with van der Waals surface area (Å²) in [5, 5.41) is 3.42. The molecule has 0 aromatic heterocycles. The average Bonchev–Trinajstić information content (AvgIpc) is 2.98. The molecule has 1 atom stereocenters. The first kappa shape index (κ1) is 22.9. The van der Waals surface area contributed by atoms with Gasteiger partial charge in [-0.2, -0.15) is 0 Å². The van der Waals surface area contributed by atoms with Crippen molar-refractivity contribution in [2.24, 2.45) is 5.41 Å². The topological polar surface area (TPSA) is 55.9 Å². The summed E-state index contributed by atoms with van der Waals surface area (Å²) >= 11 is 0. The second-order valence-electron chi connectivity index (χ2n) is 8.03. The molecule has 1 N–H and O–H groups in total. The summed E-state index contributed by atoms with van der Waals surface area (Å²) in [5.41, 5.74) is 1.19. The molecule has 28 heavy (non-hydrogen) atoms. The van der Waals surface area contributed by atoms with Gasteiger partial charge >= 0.3 is 0 Å². The lowest BCUT2D eigenvalue weighted by molar-refractivity contribution is -0.140. The van der Waals surface area contributed by atoms with E-state index in [1.165, 1.54) is 0 Å². The molecule has 0 aliphatic carbocycles. The quantitative estimate of drug-likeness (QED) is 0.779. The fourth-order valence-corrected chi connectivity index (χ4v) is 4.82. The van der Waals surface area contributed by atoms with Crippen molar-refractivity contribution >= 4 is 42.3 Å². The highest BCUT2D eigenvalue weighted by molar-refractivity contribution is 5.98. The number of halogens is 2. The summed E-state index contributed by atoms with van der Waals surface area (Å²) in [5.74, 6) is 0.136. The molecular weight excluding hydrogens is 399 g/mol. The van der Waals surface area contributed by atoms with E-state index < -0.39 is 0 Å². The van der Waals surface area contributed by atoms with Gasteiger partial charge in [-0.05, 0) is 56.9 Å². The lowest BCUT2D eigenvalue weighted by Gasteiger charge is -2.36. The minimum absolute atomic E-state index is 0. The first-order valence-electron chi connectivity index (χ1n) is 9.63. The predicted octanol–water partition coefficient (Wildman–Crippen LogP) is 1.78. The number of hydrogen-bond acceptors (Lipinski definition) is 4. The molecule has 1 aromatic rings. The third kappa shape index (κ3) is 4.46. The molecule has 8 heteroatoms. The Morgan fingerprint density at radius 1 is 1.11 bits per heavy atom. The van der Waals surface area contributed by atoms with Crippen LogP contribution in [0.5, 0.6) is 0 Å². The van der Waals surface area contributed by atoms with Gasteiger partial charge in [0.05, 0.1) is 6.04 Å².